The van der Waals surface area contributed by atoms with Crippen molar-refractivity contribution < 1.29 is 14.3 Å². The van der Waals surface area contributed by atoms with Crippen LogP contribution >= 0.6 is 24.0 Å². The van der Waals surface area contributed by atoms with Gasteiger partial charge in [0.05, 0.1) is 14.2 Å². The highest BCUT2D eigenvalue weighted by Crippen LogP contribution is 2.33. The van der Waals surface area contributed by atoms with Crippen LogP contribution in [0.3, 0.4) is 0 Å². The number of fused-ring (bicyclic) bond motifs is 1. The largest absolute Gasteiger partial charge is 0.493 e. The standard InChI is InChI=1S/C22H34N4O3.HI/c1-28-19-13-16-10-12-26(15-17(16)14-20(19)29-2)21(27)9-6-11-24-22(23)25-18-7-4-3-5-8-18;/h13-14,18H,3-12,15H2,1-2H3,(H3,23,24,25);1H. The van der Waals surface area contributed by atoms with Crippen molar-refractivity contribution in [2.75, 3.05) is 27.3 Å². The minimum atomic E-state index is 0. The summed E-state index contributed by atoms with van der Waals surface area (Å²) >= 11 is 0. The lowest BCUT2D eigenvalue weighted by molar-refractivity contribution is -0.132. The molecule has 1 aliphatic carbocycles. The molecule has 0 radical (unpaired) electrons. The van der Waals surface area contributed by atoms with Gasteiger partial charge in [-0.1, -0.05) is 19.3 Å². The molecule has 7 nitrogen and oxygen atoms in total. The molecule has 0 unspecified atom stereocenters. The van der Waals surface area contributed by atoms with E-state index >= 15 is 0 Å². The topological polar surface area (TPSA) is 89.2 Å². The first-order chi connectivity index (χ1) is 14.1. The molecule has 1 saturated carbocycles. The predicted molar refractivity (Wildman–Crippen MR) is 130 cm³/mol. The summed E-state index contributed by atoms with van der Waals surface area (Å²) in [5, 5.41) is 3.31. The molecule has 0 aromatic heterocycles. The van der Waals surface area contributed by atoms with Gasteiger partial charge in [0, 0.05) is 32.1 Å². The highest BCUT2D eigenvalue weighted by molar-refractivity contribution is 14.0. The molecule has 1 aliphatic heterocycles. The number of carbonyl (C=O) groups excluding carboxylic acids is 1. The van der Waals surface area contributed by atoms with Crippen LogP contribution in [0.25, 0.3) is 0 Å². The number of methoxy groups -OCH3 is 2. The number of nitrogens with one attached hydrogen (secondary N) is 1. The minimum Gasteiger partial charge on any atom is -0.493 e. The number of carbonyl (C=O) groups is 1. The summed E-state index contributed by atoms with van der Waals surface area (Å²) in [6.07, 6.45) is 8.21. The zero-order valence-corrected chi connectivity index (χ0v) is 20.4. The van der Waals surface area contributed by atoms with Crippen LogP contribution in [0.15, 0.2) is 17.1 Å². The van der Waals surface area contributed by atoms with E-state index in [1.54, 1.807) is 14.2 Å². The van der Waals surface area contributed by atoms with Gasteiger partial charge in [-0.2, -0.15) is 0 Å². The Bertz CT molecular complexity index is 735. The zero-order valence-electron chi connectivity index (χ0n) is 18.1. The summed E-state index contributed by atoms with van der Waals surface area (Å²) in [5.41, 5.74) is 8.34. The molecule has 1 heterocycles. The molecule has 30 heavy (non-hydrogen) atoms. The van der Waals surface area contributed by atoms with Crippen LogP contribution < -0.4 is 20.5 Å². The average Bonchev–Trinajstić information content (AvgIpc) is 2.75. The van der Waals surface area contributed by atoms with E-state index < -0.39 is 0 Å². The van der Waals surface area contributed by atoms with Crippen molar-refractivity contribution in [2.45, 2.75) is 64.0 Å². The van der Waals surface area contributed by atoms with Crippen molar-refractivity contribution in [1.82, 2.24) is 10.2 Å². The van der Waals surface area contributed by atoms with Gasteiger partial charge < -0.3 is 25.4 Å². The van der Waals surface area contributed by atoms with E-state index in [2.05, 4.69) is 10.3 Å². The number of rotatable bonds is 7. The maximum absolute atomic E-state index is 12.6. The van der Waals surface area contributed by atoms with Crippen LogP contribution in [0.1, 0.15) is 56.1 Å². The maximum atomic E-state index is 12.6. The van der Waals surface area contributed by atoms with E-state index in [0.717, 1.165) is 24.3 Å². The third kappa shape index (κ3) is 6.65. The van der Waals surface area contributed by atoms with Crippen molar-refractivity contribution in [3.8, 4) is 11.5 Å². The molecule has 1 fully saturated rings. The molecule has 1 aromatic rings. The van der Waals surface area contributed by atoms with Crippen LogP contribution in [0.4, 0.5) is 0 Å². The van der Waals surface area contributed by atoms with Crippen molar-refractivity contribution in [1.29, 1.82) is 0 Å². The number of nitrogens with zero attached hydrogens (tertiary/aromatic N) is 2. The molecule has 0 spiro atoms. The lowest BCUT2D eigenvalue weighted by atomic mass is 9.96. The quantitative estimate of drug-likeness (QED) is 0.245. The highest BCUT2D eigenvalue weighted by atomic mass is 127. The molecule has 1 amide bonds. The van der Waals surface area contributed by atoms with Crippen LogP contribution in [-0.4, -0.2) is 50.1 Å². The van der Waals surface area contributed by atoms with Crippen molar-refractivity contribution in [3.05, 3.63) is 23.3 Å². The monoisotopic (exact) mass is 530 g/mol. The number of halogens is 1. The number of hydrogen-bond acceptors (Lipinski definition) is 4. The fourth-order valence-corrected chi connectivity index (χ4v) is 4.19. The van der Waals surface area contributed by atoms with Gasteiger partial charge >= 0.3 is 0 Å². The third-order valence-electron chi connectivity index (χ3n) is 5.86. The van der Waals surface area contributed by atoms with Crippen LogP contribution in [-0.2, 0) is 17.8 Å². The first-order valence-electron chi connectivity index (χ1n) is 10.7. The van der Waals surface area contributed by atoms with Crippen molar-refractivity contribution in [3.63, 3.8) is 0 Å². The molecule has 2 aliphatic rings. The molecule has 1 aromatic carbocycles. The molecule has 0 bridgehead atoms. The first-order valence-corrected chi connectivity index (χ1v) is 10.7. The molecule has 3 N–H and O–H groups in total. The van der Waals surface area contributed by atoms with Gasteiger partial charge in [0.1, 0.15) is 0 Å². The Kier molecular flexibility index (Phi) is 10.0. The van der Waals surface area contributed by atoms with Gasteiger partial charge in [-0.15, -0.1) is 24.0 Å². The van der Waals surface area contributed by atoms with Crippen LogP contribution in [0.5, 0.6) is 11.5 Å². The average molecular weight is 530 g/mol. The van der Waals surface area contributed by atoms with Gasteiger partial charge in [-0.25, -0.2) is 0 Å². The van der Waals surface area contributed by atoms with E-state index in [1.165, 1.54) is 37.7 Å². The van der Waals surface area contributed by atoms with E-state index in [1.807, 2.05) is 17.0 Å². The van der Waals surface area contributed by atoms with Gasteiger partial charge in [-0.3, -0.25) is 9.79 Å². The SMILES string of the molecule is COc1cc2c(cc1OC)CN(C(=O)CCCN=C(N)NC1CCCCC1)CC2.I. The van der Waals surface area contributed by atoms with Gasteiger partial charge in [0.2, 0.25) is 5.91 Å². The maximum Gasteiger partial charge on any atom is 0.222 e. The van der Waals surface area contributed by atoms with E-state index in [4.69, 9.17) is 15.2 Å². The molecular formula is C22H35IN4O3. The Morgan fingerprint density at radius 3 is 2.50 bits per heavy atom. The highest BCUT2D eigenvalue weighted by Gasteiger charge is 2.22. The summed E-state index contributed by atoms with van der Waals surface area (Å²) in [5.74, 6) is 2.12. The summed E-state index contributed by atoms with van der Waals surface area (Å²) in [6.45, 7) is 1.92. The van der Waals surface area contributed by atoms with Gasteiger partial charge in [-0.05, 0) is 48.9 Å². The summed E-state index contributed by atoms with van der Waals surface area (Å²) < 4.78 is 10.8. The Morgan fingerprint density at radius 1 is 1.17 bits per heavy atom. The Hall–Kier alpha value is -1.71. The fourth-order valence-electron chi connectivity index (χ4n) is 4.19. The Morgan fingerprint density at radius 2 is 1.83 bits per heavy atom. The molecular weight excluding hydrogens is 495 g/mol. The van der Waals surface area contributed by atoms with E-state index in [9.17, 15) is 4.79 Å². The number of ether oxygens (including phenoxy) is 2. The van der Waals surface area contributed by atoms with Crippen LogP contribution in [0, 0.1) is 0 Å². The smallest absolute Gasteiger partial charge is 0.222 e. The second-order valence-corrected chi connectivity index (χ2v) is 7.89. The lowest BCUT2D eigenvalue weighted by Gasteiger charge is -2.29. The number of nitrogens with two attached hydrogens (primary N) is 1. The minimum absolute atomic E-state index is 0. The second kappa shape index (κ2) is 12.2. The fraction of sp³-hybridized carbons (Fsp3) is 0.636. The molecule has 8 heteroatoms. The number of aliphatic imine (C=N–C) groups is 1. The number of amides is 1. The summed E-state index contributed by atoms with van der Waals surface area (Å²) in [7, 11) is 3.27. The third-order valence-corrected chi connectivity index (χ3v) is 5.86. The zero-order chi connectivity index (χ0) is 20.6. The van der Waals surface area contributed by atoms with Crippen LogP contribution in [0.2, 0.25) is 0 Å². The van der Waals surface area contributed by atoms with Gasteiger partial charge in [0.15, 0.2) is 17.5 Å². The van der Waals surface area contributed by atoms with E-state index in [-0.39, 0.29) is 29.9 Å². The van der Waals surface area contributed by atoms with Crippen molar-refractivity contribution in [2.24, 2.45) is 10.7 Å². The number of guanidine groups is 1. The summed E-state index contributed by atoms with van der Waals surface area (Å²) in [4.78, 5) is 18.9. The number of hydrogen-bond donors (Lipinski definition) is 2. The normalized spacial score (nSPS) is 17.0. The second-order valence-electron chi connectivity index (χ2n) is 7.89. The van der Waals surface area contributed by atoms with E-state index in [0.29, 0.717) is 43.7 Å². The molecule has 3 rings (SSSR count). The Balaban J connectivity index is 0.00000320. The molecule has 0 atom stereocenters. The first kappa shape index (κ1) is 24.6. The Labute approximate surface area is 196 Å². The van der Waals surface area contributed by atoms with Crippen molar-refractivity contribution >= 4 is 35.8 Å². The predicted octanol–water partition coefficient (Wildman–Crippen LogP) is 3.22. The number of benzene rings is 1. The molecule has 0 saturated heterocycles. The van der Waals surface area contributed by atoms with Gasteiger partial charge in [0.25, 0.3) is 0 Å². The lowest BCUT2D eigenvalue weighted by Crippen LogP contribution is -2.41. The summed E-state index contributed by atoms with van der Waals surface area (Å²) in [6, 6.07) is 4.46. The molecule has 168 valence electrons.